The van der Waals surface area contributed by atoms with E-state index in [4.69, 9.17) is 15.0 Å². The number of rotatable bonds is 5. The summed E-state index contributed by atoms with van der Waals surface area (Å²) in [6.07, 6.45) is -0.0301. The van der Waals surface area contributed by atoms with Crippen molar-refractivity contribution >= 4 is 21.9 Å². The van der Waals surface area contributed by atoms with Crippen molar-refractivity contribution in [2.24, 2.45) is 5.14 Å². The number of likely N-dealkylation sites (tertiary alicyclic amines) is 1. The standard InChI is InChI=1S/C16H22N2O6S/c1-9-4-11(5-14(10(9)2)25(17,22)23)16(21)18-8-13(24-3)6-12(18)7-15(19)20/h4-5,12-13H,6-8H2,1-3H3,(H,19,20)(H2,17,22,23). The van der Waals surface area contributed by atoms with Gasteiger partial charge < -0.3 is 14.7 Å². The fourth-order valence-electron chi connectivity index (χ4n) is 3.10. The summed E-state index contributed by atoms with van der Waals surface area (Å²) < 4.78 is 28.8. The zero-order chi connectivity index (χ0) is 18.9. The van der Waals surface area contributed by atoms with Crippen LogP contribution in [0.1, 0.15) is 34.3 Å². The number of ether oxygens (including phenoxy) is 1. The van der Waals surface area contributed by atoms with Crippen molar-refractivity contribution in [1.82, 2.24) is 4.90 Å². The minimum absolute atomic E-state index is 0.104. The van der Waals surface area contributed by atoms with Crippen LogP contribution < -0.4 is 5.14 Å². The van der Waals surface area contributed by atoms with Gasteiger partial charge >= 0.3 is 5.97 Å². The predicted octanol–water partition coefficient (Wildman–Crippen LogP) is 0.655. The maximum atomic E-state index is 12.9. The number of amides is 1. The predicted molar refractivity (Wildman–Crippen MR) is 89.8 cm³/mol. The van der Waals surface area contributed by atoms with Crippen LogP contribution in [0.2, 0.25) is 0 Å². The second-order valence-electron chi connectivity index (χ2n) is 6.26. The topological polar surface area (TPSA) is 127 Å². The number of carbonyl (C=O) groups excluding carboxylic acids is 1. The Morgan fingerprint density at radius 2 is 2.00 bits per heavy atom. The number of aryl methyl sites for hydroxylation is 1. The molecule has 9 heteroatoms. The van der Waals surface area contributed by atoms with E-state index in [0.717, 1.165) is 0 Å². The number of nitrogens with two attached hydrogens (primary N) is 1. The van der Waals surface area contributed by atoms with Crippen molar-refractivity contribution in [2.45, 2.75) is 43.7 Å². The van der Waals surface area contributed by atoms with Gasteiger partial charge in [-0.2, -0.15) is 0 Å². The molecule has 2 atom stereocenters. The third kappa shape index (κ3) is 4.17. The van der Waals surface area contributed by atoms with Gasteiger partial charge in [-0.3, -0.25) is 9.59 Å². The molecule has 2 rings (SSSR count). The third-order valence-corrected chi connectivity index (χ3v) is 5.59. The number of hydrogen-bond acceptors (Lipinski definition) is 5. The highest BCUT2D eigenvalue weighted by Gasteiger charge is 2.37. The summed E-state index contributed by atoms with van der Waals surface area (Å²) in [4.78, 5) is 25.3. The highest BCUT2D eigenvalue weighted by molar-refractivity contribution is 7.89. The van der Waals surface area contributed by atoms with Crippen LogP contribution in [0.25, 0.3) is 0 Å². The zero-order valence-corrected chi connectivity index (χ0v) is 15.2. The van der Waals surface area contributed by atoms with Crippen LogP contribution in [0.4, 0.5) is 0 Å². The van der Waals surface area contributed by atoms with Crippen LogP contribution in [0, 0.1) is 13.8 Å². The Morgan fingerprint density at radius 3 is 2.52 bits per heavy atom. The molecular formula is C16H22N2O6S. The molecule has 2 unspecified atom stereocenters. The SMILES string of the molecule is COC1CC(CC(=O)O)N(C(=O)c2cc(C)c(C)c(S(N)(=O)=O)c2)C1. The van der Waals surface area contributed by atoms with E-state index < -0.39 is 27.9 Å². The normalized spacial score (nSPS) is 20.7. The molecule has 1 aromatic carbocycles. The van der Waals surface area contributed by atoms with Crippen LogP contribution in [-0.2, 0) is 19.6 Å². The molecular weight excluding hydrogens is 348 g/mol. The second-order valence-corrected chi connectivity index (χ2v) is 7.79. The number of benzene rings is 1. The van der Waals surface area contributed by atoms with Crippen LogP contribution in [-0.4, -0.2) is 56.1 Å². The molecule has 0 bridgehead atoms. The van der Waals surface area contributed by atoms with Crippen LogP contribution in [0.3, 0.4) is 0 Å². The fourth-order valence-corrected chi connectivity index (χ4v) is 3.98. The van der Waals surface area contributed by atoms with Gasteiger partial charge in [0.2, 0.25) is 10.0 Å². The van der Waals surface area contributed by atoms with E-state index in [0.29, 0.717) is 17.5 Å². The quantitative estimate of drug-likeness (QED) is 0.784. The van der Waals surface area contributed by atoms with Gasteiger partial charge in [0, 0.05) is 25.3 Å². The highest BCUT2D eigenvalue weighted by atomic mass is 32.2. The van der Waals surface area contributed by atoms with E-state index in [1.165, 1.54) is 18.1 Å². The molecule has 25 heavy (non-hydrogen) atoms. The van der Waals surface area contributed by atoms with Gasteiger partial charge in [0.15, 0.2) is 0 Å². The number of carbonyl (C=O) groups is 2. The number of carboxylic acid groups (broad SMARTS) is 1. The van der Waals surface area contributed by atoms with E-state index in [2.05, 4.69) is 0 Å². The molecule has 1 fully saturated rings. The molecule has 0 aliphatic carbocycles. The summed E-state index contributed by atoms with van der Waals surface area (Å²) in [6, 6.07) is 2.33. The average Bonchev–Trinajstić information content (AvgIpc) is 2.90. The van der Waals surface area contributed by atoms with Gasteiger partial charge in [0.05, 0.1) is 17.4 Å². The summed E-state index contributed by atoms with van der Waals surface area (Å²) in [5.74, 6) is -1.44. The van der Waals surface area contributed by atoms with E-state index >= 15 is 0 Å². The van der Waals surface area contributed by atoms with Gasteiger partial charge in [-0.15, -0.1) is 0 Å². The molecule has 138 valence electrons. The maximum absolute atomic E-state index is 12.9. The summed E-state index contributed by atoms with van der Waals surface area (Å²) in [5.41, 5.74) is 1.27. The first-order chi connectivity index (χ1) is 11.5. The molecule has 3 N–H and O–H groups in total. The number of sulfonamides is 1. The van der Waals surface area contributed by atoms with Gasteiger partial charge in [-0.25, -0.2) is 13.6 Å². The Bertz CT molecular complexity index is 805. The minimum Gasteiger partial charge on any atom is -0.481 e. The Labute approximate surface area is 146 Å². The lowest BCUT2D eigenvalue weighted by molar-refractivity contribution is -0.138. The Kier molecular flexibility index (Phi) is 5.50. The van der Waals surface area contributed by atoms with E-state index in [1.54, 1.807) is 19.9 Å². The van der Waals surface area contributed by atoms with Crippen molar-refractivity contribution < 1.29 is 27.9 Å². The van der Waals surface area contributed by atoms with E-state index in [-0.39, 0.29) is 29.5 Å². The minimum atomic E-state index is -3.97. The van der Waals surface area contributed by atoms with Crippen LogP contribution >= 0.6 is 0 Å². The molecule has 8 nitrogen and oxygen atoms in total. The molecule has 1 amide bonds. The number of methoxy groups -OCH3 is 1. The van der Waals surface area contributed by atoms with Crippen molar-refractivity contribution in [1.29, 1.82) is 0 Å². The smallest absolute Gasteiger partial charge is 0.305 e. The second kappa shape index (κ2) is 7.11. The summed E-state index contributed by atoms with van der Waals surface area (Å²) >= 11 is 0. The van der Waals surface area contributed by atoms with Crippen molar-refractivity contribution in [3.05, 3.63) is 28.8 Å². The first-order valence-electron chi connectivity index (χ1n) is 7.74. The fraction of sp³-hybridized carbons (Fsp3) is 0.500. The monoisotopic (exact) mass is 370 g/mol. The summed E-state index contributed by atoms with van der Waals surface area (Å²) in [7, 11) is -2.47. The molecule has 1 aromatic rings. The van der Waals surface area contributed by atoms with E-state index in [1.807, 2.05) is 0 Å². The lowest BCUT2D eigenvalue weighted by atomic mass is 10.0. The molecule has 0 radical (unpaired) electrons. The largest absolute Gasteiger partial charge is 0.481 e. The van der Waals surface area contributed by atoms with Gasteiger partial charge in [0.1, 0.15) is 0 Å². The Morgan fingerprint density at radius 1 is 1.36 bits per heavy atom. The molecule has 1 aliphatic rings. The molecule has 1 saturated heterocycles. The first-order valence-corrected chi connectivity index (χ1v) is 9.28. The maximum Gasteiger partial charge on any atom is 0.305 e. The van der Waals surface area contributed by atoms with Gasteiger partial charge in [0.25, 0.3) is 5.91 Å². The molecule has 0 aromatic heterocycles. The number of primary sulfonamides is 1. The molecule has 0 saturated carbocycles. The number of hydrogen-bond donors (Lipinski definition) is 2. The van der Waals surface area contributed by atoms with Crippen LogP contribution in [0.15, 0.2) is 17.0 Å². The zero-order valence-electron chi connectivity index (χ0n) is 14.4. The number of aliphatic carboxylic acids is 1. The average molecular weight is 370 g/mol. The molecule has 1 aliphatic heterocycles. The molecule has 1 heterocycles. The van der Waals surface area contributed by atoms with Crippen LogP contribution in [0.5, 0.6) is 0 Å². The lowest BCUT2D eigenvalue weighted by Crippen LogP contribution is -2.37. The van der Waals surface area contributed by atoms with Gasteiger partial charge in [-0.05, 0) is 43.5 Å². The van der Waals surface area contributed by atoms with Crippen molar-refractivity contribution in [3.63, 3.8) is 0 Å². The summed E-state index contributed by atoms with van der Waals surface area (Å²) in [5, 5.41) is 14.3. The third-order valence-electron chi connectivity index (χ3n) is 4.55. The van der Waals surface area contributed by atoms with E-state index in [9.17, 15) is 18.0 Å². The first kappa shape index (κ1) is 19.4. The Hall–Kier alpha value is -1.97. The lowest BCUT2D eigenvalue weighted by Gasteiger charge is -2.24. The number of nitrogens with zero attached hydrogens (tertiary/aromatic N) is 1. The van der Waals surface area contributed by atoms with Crippen molar-refractivity contribution in [3.8, 4) is 0 Å². The highest BCUT2D eigenvalue weighted by Crippen LogP contribution is 2.27. The van der Waals surface area contributed by atoms with Crippen molar-refractivity contribution in [2.75, 3.05) is 13.7 Å². The number of carboxylic acids is 1. The summed E-state index contributed by atoms with van der Waals surface area (Å²) in [6.45, 7) is 3.57. The Balaban J connectivity index is 2.42. The van der Waals surface area contributed by atoms with Gasteiger partial charge in [-0.1, -0.05) is 0 Å². The molecule has 0 spiro atoms.